The van der Waals surface area contributed by atoms with Gasteiger partial charge in [0, 0.05) is 27.2 Å². The summed E-state index contributed by atoms with van der Waals surface area (Å²) in [7, 11) is 3.76. The third-order valence-electron chi connectivity index (χ3n) is 3.36. The summed E-state index contributed by atoms with van der Waals surface area (Å²) in [6, 6.07) is 0. The van der Waals surface area contributed by atoms with Crippen molar-refractivity contribution in [2.45, 2.75) is 19.4 Å². The molecule has 1 aliphatic rings. The lowest BCUT2D eigenvalue weighted by Gasteiger charge is -2.16. The molecule has 106 valence electrons. The summed E-state index contributed by atoms with van der Waals surface area (Å²) >= 11 is 0. The highest BCUT2D eigenvalue weighted by atomic mass is 16.3. The Bertz CT molecular complexity index is 425. The fourth-order valence-corrected chi connectivity index (χ4v) is 2.37. The highest BCUT2D eigenvalue weighted by Crippen LogP contribution is 2.20. The van der Waals surface area contributed by atoms with Gasteiger partial charge in [0.25, 0.3) is 0 Å². The van der Waals surface area contributed by atoms with Crippen molar-refractivity contribution in [1.29, 1.82) is 0 Å². The zero-order valence-electron chi connectivity index (χ0n) is 11.6. The van der Waals surface area contributed by atoms with E-state index in [2.05, 4.69) is 19.9 Å². The molecular formula is C12H22N6O. The Morgan fingerprint density at radius 3 is 2.84 bits per heavy atom. The quantitative estimate of drug-likeness (QED) is 0.757. The maximum absolute atomic E-state index is 8.96. The van der Waals surface area contributed by atoms with Crippen LogP contribution in [0.4, 0.5) is 11.9 Å². The van der Waals surface area contributed by atoms with Crippen molar-refractivity contribution in [3.63, 3.8) is 0 Å². The van der Waals surface area contributed by atoms with Crippen molar-refractivity contribution in [3.8, 4) is 0 Å². The van der Waals surface area contributed by atoms with Crippen LogP contribution in [0.3, 0.4) is 0 Å². The van der Waals surface area contributed by atoms with Gasteiger partial charge >= 0.3 is 0 Å². The highest BCUT2D eigenvalue weighted by molar-refractivity contribution is 5.32. The summed E-state index contributed by atoms with van der Waals surface area (Å²) in [4.78, 5) is 16.8. The number of likely N-dealkylation sites (tertiary alicyclic amines) is 1. The van der Waals surface area contributed by atoms with Gasteiger partial charge in [-0.3, -0.25) is 4.90 Å². The molecule has 2 rings (SSSR count). The predicted molar refractivity (Wildman–Crippen MR) is 73.7 cm³/mol. The minimum atomic E-state index is 0.264. The Hall–Kier alpha value is -1.47. The van der Waals surface area contributed by atoms with Crippen LogP contribution in [0.2, 0.25) is 0 Å². The van der Waals surface area contributed by atoms with E-state index in [4.69, 9.17) is 10.8 Å². The molecule has 0 aromatic carbocycles. The molecule has 1 atom stereocenters. The van der Waals surface area contributed by atoms with Gasteiger partial charge in [0.1, 0.15) is 5.82 Å². The first kappa shape index (κ1) is 14.0. The zero-order chi connectivity index (χ0) is 13.8. The molecule has 2 heterocycles. The van der Waals surface area contributed by atoms with Gasteiger partial charge in [-0.25, -0.2) is 0 Å². The molecule has 0 bridgehead atoms. The molecule has 1 aromatic rings. The fourth-order valence-electron chi connectivity index (χ4n) is 2.37. The minimum absolute atomic E-state index is 0.264. The van der Waals surface area contributed by atoms with Crippen LogP contribution in [-0.4, -0.2) is 58.8 Å². The molecule has 1 unspecified atom stereocenters. The minimum Gasteiger partial charge on any atom is -0.396 e. The lowest BCUT2D eigenvalue weighted by molar-refractivity contribution is 0.248. The number of hydrogen-bond acceptors (Lipinski definition) is 7. The smallest absolute Gasteiger partial charge is 0.229 e. The summed E-state index contributed by atoms with van der Waals surface area (Å²) < 4.78 is 0. The van der Waals surface area contributed by atoms with Crippen LogP contribution < -0.4 is 10.6 Å². The number of rotatable bonds is 5. The third-order valence-corrected chi connectivity index (χ3v) is 3.36. The molecule has 1 fully saturated rings. The average molecular weight is 266 g/mol. The van der Waals surface area contributed by atoms with E-state index in [0.29, 0.717) is 24.2 Å². The number of nitrogen functional groups attached to an aromatic ring is 1. The first-order chi connectivity index (χ1) is 9.08. The molecule has 3 N–H and O–H groups in total. The molecule has 0 amide bonds. The van der Waals surface area contributed by atoms with Gasteiger partial charge in [0.15, 0.2) is 0 Å². The van der Waals surface area contributed by atoms with E-state index in [1.165, 1.54) is 0 Å². The van der Waals surface area contributed by atoms with E-state index in [9.17, 15) is 0 Å². The molecule has 0 aliphatic carbocycles. The Morgan fingerprint density at radius 1 is 1.37 bits per heavy atom. The number of nitrogens with zero attached hydrogens (tertiary/aromatic N) is 5. The lowest BCUT2D eigenvalue weighted by atomic mass is 10.1. The maximum atomic E-state index is 8.96. The standard InChI is InChI=1S/C12H22N6O/c1-17(2)12-15-10(14-11(13)16-12)8-18-5-3-9(7-18)4-6-19/h9,19H,3-8H2,1-2H3,(H2,13,14,15,16). The van der Waals surface area contributed by atoms with Gasteiger partial charge in [-0.05, 0) is 25.3 Å². The number of hydrogen-bond donors (Lipinski definition) is 2. The largest absolute Gasteiger partial charge is 0.396 e. The molecule has 7 nitrogen and oxygen atoms in total. The van der Waals surface area contributed by atoms with Crippen LogP contribution in [-0.2, 0) is 6.54 Å². The Balaban J connectivity index is 1.99. The summed E-state index contributed by atoms with van der Waals surface area (Å²) in [5, 5.41) is 8.96. The Labute approximate surface area is 113 Å². The molecular weight excluding hydrogens is 244 g/mol. The van der Waals surface area contributed by atoms with E-state index in [1.807, 2.05) is 19.0 Å². The molecule has 1 aliphatic heterocycles. The van der Waals surface area contributed by atoms with Crippen LogP contribution in [0.1, 0.15) is 18.7 Å². The van der Waals surface area contributed by atoms with Crippen LogP contribution in [0.15, 0.2) is 0 Å². The van der Waals surface area contributed by atoms with Gasteiger partial charge < -0.3 is 15.7 Å². The van der Waals surface area contributed by atoms with Crippen molar-refractivity contribution in [2.24, 2.45) is 5.92 Å². The second kappa shape index (κ2) is 6.12. The lowest BCUT2D eigenvalue weighted by Crippen LogP contribution is -2.23. The molecule has 0 spiro atoms. The topological polar surface area (TPSA) is 91.4 Å². The normalized spacial score (nSPS) is 19.8. The van der Waals surface area contributed by atoms with Crippen molar-refractivity contribution in [2.75, 3.05) is 44.4 Å². The number of nitrogens with two attached hydrogens (primary N) is 1. The van der Waals surface area contributed by atoms with Gasteiger partial charge in [0.05, 0.1) is 6.54 Å². The highest BCUT2D eigenvalue weighted by Gasteiger charge is 2.23. The van der Waals surface area contributed by atoms with Gasteiger partial charge in [-0.2, -0.15) is 15.0 Å². The third kappa shape index (κ3) is 3.74. The summed E-state index contributed by atoms with van der Waals surface area (Å²) in [5.41, 5.74) is 5.71. The van der Waals surface area contributed by atoms with E-state index in [1.54, 1.807) is 0 Å². The average Bonchev–Trinajstić information content (AvgIpc) is 2.76. The van der Waals surface area contributed by atoms with E-state index in [0.717, 1.165) is 25.9 Å². The van der Waals surface area contributed by atoms with Crippen molar-refractivity contribution >= 4 is 11.9 Å². The summed E-state index contributed by atoms with van der Waals surface area (Å²) in [6.07, 6.45) is 2.00. The van der Waals surface area contributed by atoms with E-state index in [-0.39, 0.29) is 12.6 Å². The molecule has 0 radical (unpaired) electrons. The van der Waals surface area contributed by atoms with Gasteiger partial charge in [-0.1, -0.05) is 0 Å². The molecule has 7 heteroatoms. The predicted octanol–water partition coefficient (Wildman–Crippen LogP) is -0.276. The molecule has 19 heavy (non-hydrogen) atoms. The van der Waals surface area contributed by atoms with Crippen LogP contribution in [0.25, 0.3) is 0 Å². The summed E-state index contributed by atoms with van der Waals surface area (Å²) in [6.45, 7) is 2.97. The van der Waals surface area contributed by atoms with Gasteiger partial charge in [0.2, 0.25) is 11.9 Å². The fraction of sp³-hybridized carbons (Fsp3) is 0.750. The SMILES string of the molecule is CN(C)c1nc(N)nc(CN2CCC(CCO)C2)n1. The van der Waals surface area contributed by atoms with Gasteiger partial charge in [-0.15, -0.1) is 0 Å². The first-order valence-electron chi connectivity index (χ1n) is 6.59. The van der Waals surface area contributed by atoms with Crippen LogP contribution in [0.5, 0.6) is 0 Å². The van der Waals surface area contributed by atoms with E-state index >= 15 is 0 Å². The molecule has 1 aromatic heterocycles. The van der Waals surface area contributed by atoms with Crippen LogP contribution in [0, 0.1) is 5.92 Å². The maximum Gasteiger partial charge on any atom is 0.229 e. The monoisotopic (exact) mass is 266 g/mol. The zero-order valence-corrected chi connectivity index (χ0v) is 11.6. The summed E-state index contributed by atoms with van der Waals surface area (Å²) in [5.74, 6) is 2.15. The second-order valence-electron chi connectivity index (χ2n) is 5.21. The Morgan fingerprint density at radius 2 is 2.16 bits per heavy atom. The van der Waals surface area contributed by atoms with Crippen molar-refractivity contribution < 1.29 is 5.11 Å². The first-order valence-corrected chi connectivity index (χ1v) is 6.59. The second-order valence-corrected chi connectivity index (χ2v) is 5.21. The van der Waals surface area contributed by atoms with Crippen molar-refractivity contribution in [1.82, 2.24) is 19.9 Å². The number of aromatic nitrogens is 3. The van der Waals surface area contributed by atoms with E-state index < -0.39 is 0 Å². The van der Waals surface area contributed by atoms with Crippen molar-refractivity contribution in [3.05, 3.63) is 5.82 Å². The number of aliphatic hydroxyl groups excluding tert-OH is 1. The number of aliphatic hydroxyl groups is 1. The van der Waals surface area contributed by atoms with Crippen LogP contribution >= 0.6 is 0 Å². The number of anilines is 2. The molecule has 0 saturated carbocycles. The molecule has 1 saturated heterocycles. The Kier molecular flexibility index (Phi) is 4.49.